The van der Waals surface area contributed by atoms with Crippen LogP contribution in [0.5, 0.6) is 0 Å². The third kappa shape index (κ3) is 5.17. The van der Waals surface area contributed by atoms with Gasteiger partial charge in [0.25, 0.3) is 23.6 Å². The van der Waals surface area contributed by atoms with E-state index in [2.05, 4.69) is 26.0 Å². The van der Waals surface area contributed by atoms with Crippen molar-refractivity contribution in [1.29, 1.82) is 10.5 Å². The fraction of sp³-hybridized carbons (Fsp3) is 0.208. The Morgan fingerprint density at radius 3 is 1.16 bits per heavy atom. The molecule has 0 fully saturated rings. The predicted octanol–water partition coefficient (Wildman–Crippen LogP) is 9.76. The molecule has 0 N–H and O–H groups in total. The highest BCUT2D eigenvalue weighted by Gasteiger charge is 2.38. The van der Waals surface area contributed by atoms with E-state index >= 15 is 0 Å². The minimum atomic E-state index is -0.499. The van der Waals surface area contributed by atoms with Gasteiger partial charge in [-0.15, -0.1) is 0 Å². The molecule has 8 nitrogen and oxygen atoms in total. The number of nitrogens with zero attached hydrogens (tertiary/aromatic N) is 4. The van der Waals surface area contributed by atoms with Crippen molar-refractivity contribution < 1.29 is 19.2 Å². The van der Waals surface area contributed by atoms with Gasteiger partial charge in [0, 0.05) is 43.4 Å². The molecule has 0 radical (unpaired) electrons. The van der Waals surface area contributed by atoms with E-state index in [1.165, 1.54) is 20.9 Å². The van der Waals surface area contributed by atoms with Gasteiger partial charge in [-0.1, -0.05) is 87.4 Å². The second-order valence-corrected chi connectivity index (χ2v) is 15.0. The van der Waals surface area contributed by atoms with Crippen LogP contribution in [0, 0.1) is 22.7 Å². The van der Waals surface area contributed by atoms with Gasteiger partial charge in [0.05, 0.1) is 47.5 Å². The average molecular weight is 733 g/mol. The SMILES string of the molecule is CCCCc1ccc(CN2C(=O)c3ccc4c5c(C#N)cc6c7c(ccc(c8c(C#N)cc(c3c48)C2=O)c75)C(=O)N(Cc2ccc(CCCC)cc2)C6=O)cc1. The largest absolute Gasteiger partial charge is 0.270 e. The Kier molecular flexibility index (Phi) is 8.36. The van der Waals surface area contributed by atoms with Crippen molar-refractivity contribution in [1.82, 2.24) is 9.80 Å². The Balaban J connectivity index is 1.20. The molecule has 0 aliphatic carbocycles. The lowest BCUT2D eigenvalue weighted by Gasteiger charge is -2.31. The maximum absolute atomic E-state index is 14.3. The van der Waals surface area contributed by atoms with Crippen molar-refractivity contribution >= 4 is 66.7 Å². The number of aryl methyl sites for hydroxylation is 2. The molecule has 2 heterocycles. The highest BCUT2D eigenvalue weighted by molar-refractivity contribution is 6.42. The summed E-state index contributed by atoms with van der Waals surface area (Å²) >= 11 is 0. The van der Waals surface area contributed by atoms with Gasteiger partial charge < -0.3 is 0 Å². The Morgan fingerprint density at radius 2 is 0.804 bits per heavy atom. The minimum Gasteiger partial charge on any atom is -0.270 e. The molecule has 4 amide bonds. The van der Waals surface area contributed by atoms with Crippen molar-refractivity contribution in [2.75, 3.05) is 0 Å². The number of hydrogen-bond acceptors (Lipinski definition) is 6. The van der Waals surface area contributed by atoms with Crippen molar-refractivity contribution in [3.05, 3.63) is 141 Å². The predicted molar refractivity (Wildman–Crippen MR) is 216 cm³/mol. The molecule has 2 aliphatic rings. The number of nitriles is 2. The number of rotatable bonds is 10. The van der Waals surface area contributed by atoms with Crippen LogP contribution >= 0.6 is 0 Å². The summed E-state index contributed by atoms with van der Waals surface area (Å²) < 4.78 is 0. The molecule has 2 aliphatic heterocycles. The van der Waals surface area contributed by atoms with Crippen LogP contribution in [-0.4, -0.2) is 33.4 Å². The first-order chi connectivity index (χ1) is 27.3. The molecule has 7 aromatic carbocycles. The summed E-state index contributed by atoms with van der Waals surface area (Å²) in [7, 11) is 0. The first kappa shape index (κ1) is 34.8. The number of hydrogen-bond donors (Lipinski definition) is 0. The lowest BCUT2D eigenvalue weighted by Crippen LogP contribution is -2.40. The number of carbonyl (C=O) groups excluding carboxylic acids is 4. The molecule has 8 heteroatoms. The number of carbonyl (C=O) groups is 4. The van der Waals surface area contributed by atoms with Crippen LogP contribution in [0.1, 0.15) is 114 Å². The van der Waals surface area contributed by atoms with Gasteiger partial charge in [0.1, 0.15) is 0 Å². The maximum atomic E-state index is 14.3. The van der Waals surface area contributed by atoms with Crippen LogP contribution in [0.4, 0.5) is 0 Å². The average Bonchev–Trinajstić information content (AvgIpc) is 3.23. The lowest BCUT2D eigenvalue weighted by molar-refractivity contribution is 0.0583. The molecular weight excluding hydrogens is 697 g/mol. The van der Waals surface area contributed by atoms with Crippen LogP contribution in [0.3, 0.4) is 0 Å². The van der Waals surface area contributed by atoms with E-state index in [0.717, 1.165) is 49.7 Å². The molecule has 0 saturated carbocycles. The number of fused-ring (bicyclic) bond motifs is 2. The summed E-state index contributed by atoms with van der Waals surface area (Å²) in [6.45, 7) is 4.45. The molecule has 272 valence electrons. The zero-order valence-corrected chi connectivity index (χ0v) is 31.2. The normalized spacial score (nSPS) is 13.8. The third-order valence-corrected chi connectivity index (χ3v) is 11.6. The van der Waals surface area contributed by atoms with Gasteiger partial charge in [-0.2, -0.15) is 10.5 Å². The van der Waals surface area contributed by atoms with E-state index in [0.29, 0.717) is 54.2 Å². The first-order valence-electron chi connectivity index (χ1n) is 19.2. The number of benzene rings is 7. The molecule has 7 aromatic rings. The Bertz CT molecular complexity index is 2730. The Morgan fingerprint density at radius 1 is 0.446 bits per heavy atom. The highest BCUT2D eigenvalue weighted by Crippen LogP contribution is 2.48. The maximum Gasteiger partial charge on any atom is 0.261 e. The second kappa shape index (κ2) is 13.4. The van der Waals surface area contributed by atoms with Crippen LogP contribution < -0.4 is 0 Å². The van der Waals surface area contributed by atoms with Crippen molar-refractivity contribution in [2.24, 2.45) is 0 Å². The molecule has 0 atom stereocenters. The summed E-state index contributed by atoms with van der Waals surface area (Å²) in [5.74, 6) is -1.88. The second-order valence-electron chi connectivity index (χ2n) is 15.0. The van der Waals surface area contributed by atoms with Gasteiger partial charge in [-0.05, 0) is 83.0 Å². The number of imide groups is 2. The van der Waals surface area contributed by atoms with Crippen molar-refractivity contribution in [3.8, 4) is 12.1 Å². The standard InChI is InChI=1S/C48H36N4O4/c1-3-5-7-27-9-13-29(14-10-27)25-51-45(53)35-19-17-33-40-32(24-50)22-38-42-36(46(54)52(48(38)56)26-30-15-11-28(12-16-30)8-6-4-2)20-18-34(44(40)42)39-31(23-49)21-37(47(51)55)41(35)43(33)39/h9-22H,3-8,25-26H2,1-2H3. The smallest absolute Gasteiger partial charge is 0.261 e. The molecule has 0 saturated heterocycles. The van der Waals surface area contributed by atoms with Crippen LogP contribution in [-0.2, 0) is 25.9 Å². The highest BCUT2D eigenvalue weighted by atomic mass is 16.2. The summed E-state index contributed by atoms with van der Waals surface area (Å²) in [4.78, 5) is 59.4. The molecule has 0 unspecified atom stereocenters. The van der Waals surface area contributed by atoms with Crippen LogP contribution in [0.15, 0.2) is 84.9 Å². The summed E-state index contributed by atoms with van der Waals surface area (Å²) in [5.41, 5.74) is 5.60. The fourth-order valence-electron chi connectivity index (χ4n) is 8.78. The summed E-state index contributed by atoms with van der Waals surface area (Å²) in [5, 5.41) is 25.3. The van der Waals surface area contributed by atoms with E-state index in [-0.39, 0.29) is 35.3 Å². The lowest BCUT2D eigenvalue weighted by atomic mass is 9.79. The van der Waals surface area contributed by atoms with Gasteiger partial charge in [-0.25, -0.2) is 0 Å². The number of unbranched alkanes of at least 4 members (excludes halogenated alkanes) is 2. The molecule has 9 rings (SSSR count). The zero-order valence-electron chi connectivity index (χ0n) is 31.2. The van der Waals surface area contributed by atoms with E-state index in [4.69, 9.17) is 0 Å². The third-order valence-electron chi connectivity index (χ3n) is 11.6. The first-order valence-corrected chi connectivity index (χ1v) is 19.2. The fourth-order valence-corrected chi connectivity index (χ4v) is 8.78. The molecule has 0 bridgehead atoms. The van der Waals surface area contributed by atoms with E-state index in [1.54, 1.807) is 36.4 Å². The monoisotopic (exact) mass is 732 g/mol. The topological polar surface area (TPSA) is 122 Å². The molecule has 0 spiro atoms. The van der Waals surface area contributed by atoms with Crippen molar-refractivity contribution in [3.63, 3.8) is 0 Å². The van der Waals surface area contributed by atoms with Gasteiger partial charge in [0.15, 0.2) is 0 Å². The minimum absolute atomic E-state index is 0.0770. The van der Waals surface area contributed by atoms with Gasteiger partial charge in [-0.3, -0.25) is 29.0 Å². The summed E-state index contributed by atoms with van der Waals surface area (Å²) in [6.07, 6.45) is 6.25. The molecule has 0 aromatic heterocycles. The van der Waals surface area contributed by atoms with Crippen molar-refractivity contribution in [2.45, 2.75) is 65.5 Å². The Labute approximate surface area is 323 Å². The van der Waals surface area contributed by atoms with E-state index in [9.17, 15) is 29.7 Å². The summed E-state index contributed by atoms with van der Waals surface area (Å²) in [6, 6.07) is 30.5. The Hall–Kier alpha value is -6.90. The zero-order chi connectivity index (χ0) is 38.8. The van der Waals surface area contributed by atoms with Crippen LogP contribution in [0.2, 0.25) is 0 Å². The van der Waals surface area contributed by atoms with E-state index < -0.39 is 23.6 Å². The van der Waals surface area contributed by atoms with Gasteiger partial charge >= 0.3 is 0 Å². The van der Waals surface area contributed by atoms with Gasteiger partial charge in [0.2, 0.25) is 0 Å². The molecular formula is C48H36N4O4. The van der Waals surface area contributed by atoms with Crippen LogP contribution in [0.25, 0.3) is 43.1 Å². The van der Waals surface area contributed by atoms with E-state index in [1.807, 2.05) is 48.5 Å². The molecule has 56 heavy (non-hydrogen) atoms. The number of amides is 4. The quantitative estimate of drug-likeness (QED) is 0.0784.